The van der Waals surface area contributed by atoms with Crippen LogP contribution in [0.5, 0.6) is 5.75 Å². The van der Waals surface area contributed by atoms with Crippen molar-refractivity contribution in [2.45, 2.75) is 12.5 Å². The molecule has 1 atom stereocenters. The molecule has 96 valence electrons. The Kier molecular flexibility index (Phi) is 3.36. The normalized spacial score (nSPS) is 18.3. The van der Waals surface area contributed by atoms with Crippen molar-refractivity contribution in [1.82, 2.24) is 10.6 Å². The molecule has 0 saturated carbocycles. The van der Waals surface area contributed by atoms with Gasteiger partial charge in [-0.15, -0.1) is 0 Å². The van der Waals surface area contributed by atoms with Gasteiger partial charge in [-0.05, 0) is 12.1 Å². The van der Waals surface area contributed by atoms with Crippen molar-refractivity contribution in [2.24, 2.45) is 0 Å². The van der Waals surface area contributed by atoms with Crippen molar-refractivity contribution in [2.75, 3.05) is 19.4 Å². The second kappa shape index (κ2) is 4.95. The number of carbonyl (C=O) groups is 2. The number of rotatable bonds is 3. The minimum absolute atomic E-state index is 0.0528. The van der Waals surface area contributed by atoms with E-state index in [9.17, 15) is 9.59 Å². The lowest BCUT2D eigenvalue weighted by Gasteiger charge is -2.12. The van der Waals surface area contributed by atoms with Crippen LogP contribution in [0.2, 0.25) is 0 Å². The number of carbonyl (C=O) groups excluding carboxylic acids is 2. The molecule has 4 N–H and O–H groups in total. The van der Waals surface area contributed by atoms with Crippen LogP contribution < -0.4 is 21.1 Å². The molecule has 1 heterocycles. The van der Waals surface area contributed by atoms with Crippen LogP contribution in [-0.2, 0) is 4.79 Å². The zero-order valence-electron chi connectivity index (χ0n) is 10.0. The molecule has 1 aliphatic heterocycles. The summed E-state index contributed by atoms with van der Waals surface area (Å²) >= 11 is 0. The molecule has 6 heteroatoms. The largest absolute Gasteiger partial charge is 0.497 e. The number of amides is 2. The van der Waals surface area contributed by atoms with Gasteiger partial charge in [-0.25, -0.2) is 0 Å². The van der Waals surface area contributed by atoms with Crippen LogP contribution in [-0.4, -0.2) is 31.5 Å². The Bertz CT molecular complexity index is 487. The van der Waals surface area contributed by atoms with Crippen LogP contribution >= 0.6 is 0 Å². The molecule has 1 aromatic carbocycles. The lowest BCUT2D eigenvalue weighted by Crippen LogP contribution is -2.36. The maximum atomic E-state index is 12.0. The minimum atomic E-state index is -0.281. The van der Waals surface area contributed by atoms with Gasteiger partial charge in [-0.1, -0.05) is 0 Å². The van der Waals surface area contributed by atoms with E-state index in [1.165, 1.54) is 7.11 Å². The van der Waals surface area contributed by atoms with Crippen molar-refractivity contribution >= 4 is 17.5 Å². The summed E-state index contributed by atoms with van der Waals surface area (Å²) in [5.41, 5.74) is 6.51. The van der Waals surface area contributed by atoms with Gasteiger partial charge >= 0.3 is 0 Å². The summed E-state index contributed by atoms with van der Waals surface area (Å²) in [6.07, 6.45) is 0.307. The fourth-order valence-electron chi connectivity index (χ4n) is 1.84. The van der Waals surface area contributed by atoms with E-state index in [0.29, 0.717) is 30.0 Å². The van der Waals surface area contributed by atoms with E-state index in [-0.39, 0.29) is 17.9 Å². The molecule has 0 aliphatic carbocycles. The molecule has 0 bridgehead atoms. The van der Waals surface area contributed by atoms with E-state index < -0.39 is 0 Å². The van der Waals surface area contributed by atoms with Crippen LogP contribution in [0.4, 0.5) is 5.69 Å². The molecule has 2 amide bonds. The standard InChI is InChI=1S/C12H15N3O3/c1-18-8-2-3-9(10(13)5-8)12(17)15-7-4-11(16)14-6-7/h2-3,5,7H,4,6,13H2,1H3,(H,14,16)(H,15,17). The lowest BCUT2D eigenvalue weighted by molar-refractivity contribution is -0.119. The highest BCUT2D eigenvalue weighted by atomic mass is 16.5. The zero-order valence-corrected chi connectivity index (χ0v) is 10.0. The summed E-state index contributed by atoms with van der Waals surface area (Å²) in [5, 5.41) is 5.42. The molecule has 0 radical (unpaired) electrons. The molecule has 1 unspecified atom stereocenters. The molecule has 1 aromatic rings. The van der Waals surface area contributed by atoms with Crippen LogP contribution in [0.1, 0.15) is 16.8 Å². The Labute approximate surface area is 104 Å². The Hall–Kier alpha value is -2.24. The molecule has 2 rings (SSSR count). The maximum Gasteiger partial charge on any atom is 0.253 e. The van der Waals surface area contributed by atoms with Crippen molar-refractivity contribution in [3.05, 3.63) is 23.8 Å². The van der Waals surface area contributed by atoms with E-state index in [4.69, 9.17) is 10.5 Å². The molecule has 0 spiro atoms. The summed E-state index contributed by atoms with van der Waals surface area (Å²) in [4.78, 5) is 23.0. The first kappa shape index (κ1) is 12.2. The van der Waals surface area contributed by atoms with Crippen molar-refractivity contribution < 1.29 is 14.3 Å². The fourth-order valence-corrected chi connectivity index (χ4v) is 1.84. The first-order chi connectivity index (χ1) is 8.60. The van der Waals surface area contributed by atoms with Crippen molar-refractivity contribution in [3.63, 3.8) is 0 Å². The summed E-state index contributed by atoms with van der Waals surface area (Å²) in [6, 6.07) is 4.69. The van der Waals surface area contributed by atoms with Crippen molar-refractivity contribution in [1.29, 1.82) is 0 Å². The van der Waals surface area contributed by atoms with E-state index >= 15 is 0 Å². The van der Waals surface area contributed by atoms with E-state index in [1.807, 2.05) is 0 Å². The third kappa shape index (κ3) is 2.53. The molecule has 6 nitrogen and oxygen atoms in total. The van der Waals surface area contributed by atoms with E-state index in [2.05, 4.69) is 10.6 Å². The second-order valence-corrected chi connectivity index (χ2v) is 4.13. The highest BCUT2D eigenvalue weighted by molar-refractivity contribution is 6.00. The van der Waals surface area contributed by atoms with Crippen LogP contribution in [0.3, 0.4) is 0 Å². The van der Waals surface area contributed by atoms with Gasteiger partial charge < -0.3 is 21.1 Å². The summed E-state index contributed by atoms with van der Waals surface area (Å²) in [6.45, 7) is 0.459. The average Bonchev–Trinajstić information content (AvgIpc) is 2.74. The molecule has 1 saturated heterocycles. The van der Waals surface area contributed by atoms with Crippen LogP contribution in [0.15, 0.2) is 18.2 Å². The maximum absolute atomic E-state index is 12.0. The SMILES string of the molecule is COc1ccc(C(=O)NC2CNC(=O)C2)c(N)c1. The highest BCUT2D eigenvalue weighted by Crippen LogP contribution is 2.19. The summed E-state index contributed by atoms with van der Waals surface area (Å²) in [5.74, 6) is 0.265. The number of hydrogen-bond donors (Lipinski definition) is 3. The Morgan fingerprint density at radius 2 is 2.33 bits per heavy atom. The first-order valence-electron chi connectivity index (χ1n) is 5.61. The number of anilines is 1. The summed E-state index contributed by atoms with van der Waals surface area (Å²) in [7, 11) is 1.53. The smallest absolute Gasteiger partial charge is 0.253 e. The Morgan fingerprint density at radius 1 is 1.56 bits per heavy atom. The number of nitrogens with one attached hydrogen (secondary N) is 2. The van der Waals surface area contributed by atoms with Crippen LogP contribution in [0, 0.1) is 0 Å². The van der Waals surface area contributed by atoms with E-state index in [1.54, 1.807) is 18.2 Å². The van der Waals surface area contributed by atoms with Gasteiger partial charge in [-0.2, -0.15) is 0 Å². The summed E-state index contributed by atoms with van der Waals surface area (Å²) < 4.78 is 5.01. The number of methoxy groups -OCH3 is 1. The molecule has 0 aromatic heterocycles. The topological polar surface area (TPSA) is 93.5 Å². The monoisotopic (exact) mass is 249 g/mol. The van der Waals surface area contributed by atoms with E-state index in [0.717, 1.165) is 0 Å². The van der Waals surface area contributed by atoms with Gasteiger partial charge in [0, 0.05) is 24.7 Å². The second-order valence-electron chi connectivity index (χ2n) is 4.13. The Morgan fingerprint density at radius 3 is 2.89 bits per heavy atom. The minimum Gasteiger partial charge on any atom is -0.497 e. The average molecular weight is 249 g/mol. The predicted octanol–water partition coefficient (Wildman–Crippen LogP) is -0.104. The van der Waals surface area contributed by atoms with Gasteiger partial charge in [-0.3, -0.25) is 9.59 Å². The molecule has 18 heavy (non-hydrogen) atoms. The van der Waals surface area contributed by atoms with Crippen LogP contribution in [0.25, 0.3) is 0 Å². The van der Waals surface area contributed by atoms with Gasteiger partial charge in [0.1, 0.15) is 5.75 Å². The van der Waals surface area contributed by atoms with Gasteiger partial charge in [0.05, 0.1) is 18.7 Å². The number of benzene rings is 1. The third-order valence-corrected chi connectivity index (χ3v) is 2.82. The zero-order chi connectivity index (χ0) is 13.1. The molecule has 1 aliphatic rings. The Balaban J connectivity index is 2.07. The third-order valence-electron chi connectivity index (χ3n) is 2.82. The molecular weight excluding hydrogens is 234 g/mol. The molecule has 1 fully saturated rings. The van der Waals surface area contributed by atoms with Gasteiger partial charge in [0.25, 0.3) is 5.91 Å². The predicted molar refractivity (Wildman–Crippen MR) is 66.3 cm³/mol. The number of ether oxygens (including phenoxy) is 1. The van der Waals surface area contributed by atoms with Gasteiger partial charge in [0.15, 0.2) is 0 Å². The highest BCUT2D eigenvalue weighted by Gasteiger charge is 2.23. The quantitative estimate of drug-likeness (QED) is 0.652. The van der Waals surface area contributed by atoms with Crippen molar-refractivity contribution in [3.8, 4) is 5.75 Å². The lowest BCUT2D eigenvalue weighted by atomic mass is 10.1. The van der Waals surface area contributed by atoms with Gasteiger partial charge in [0.2, 0.25) is 5.91 Å². The fraction of sp³-hybridized carbons (Fsp3) is 0.333. The number of nitrogens with two attached hydrogens (primary N) is 1. The number of nitrogen functional groups attached to an aromatic ring is 1. The number of hydrogen-bond acceptors (Lipinski definition) is 4. The molecular formula is C12H15N3O3. The first-order valence-corrected chi connectivity index (χ1v) is 5.61.